The van der Waals surface area contributed by atoms with Crippen LogP contribution in [0.15, 0.2) is 79.1 Å². The third-order valence-corrected chi connectivity index (χ3v) is 5.60. The topological polar surface area (TPSA) is 48.5 Å². The lowest BCUT2D eigenvalue weighted by atomic mass is 10.1. The smallest absolute Gasteiger partial charge is 0.167 e. The summed E-state index contributed by atoms with van der Waals surface area (Å²) in [5.41, 5.74) is 6.80. The summed E-state index contributed by atoms with van der Waals surface area (Å²) in [6.07, 6.45) is 7.22. The first-order chi connectivity index (χ1) is 14.4. The standard InChI is InChI=1S/C24H19N5/c1-2-6-18(7-3-1)23-26-21-12-13-22(28-15-5-14-25-28)27-24(21)29(23)20-11-10-17-8-4-9-19(17)16-20/h1-3,5-7,10-16H,4,8-9H2. The van der Waals surface area contributed by atoms with Crippen molar-refractivity contribution in [1.82, 2.24) is 24.3 Å². The van der Waals surface area contributed by atoms with Gasteiger partial charge in [0.25, 0.3) is 0 Å². The van der Waals surface area contributed by atoms with Gasteiger partial charge in [-0.15, -0.1) is 0 Å². The van der Waals surface area contributed by atoms with E-state index in [-0.39, 0.29) is 0 Å². The molecule has 0 saturated heterocycles. The molecular formula is C24H19N5. The SMILES string of the molecule is c1ccc(-c2nc3ccc(-n4cccn4)nc3n2-c2ccc3c(c2)CCC3)cc1. The Morgan fingerprint density at radius 3 is 2.55 bits per heavy atom. The second kappa shape index (κ2) is 6.41. The lowest BCUT2D eigenvalue weighted by molar-refractivity contribution is 0.849. The highest BCUT2D eigenvalue weighted by Crippen LogP contribution is 2.31. The molecule has 0 unspecified atom stereocenters. The summed E-state index contributed by atoms with van der Waals surface area (Å²) < 4.78 is 3.96. The molecule has 0 radical (unpaired) electrons. The van der Waals surface area contributed by atoms with Crippen molar-refractivity contribution in [1.29, 1.82) is 0 Å². The summed E-state index contributed by atoms with van der Waals surface area (Å²) >= 11 is 0. The maximum Gasteiger partial charge on any atom is 0.167 e. The van der Waals surface area contributed by atoms with Crippen molar-refractivity contribution in [3.05, 3.63) is 90.3 Å². The number of fused-ring (bicyclic) bond motifs is 2. The van der Waals surface area contributed by atoms with Crippen molar-refractivity contribution in [2.75, 3.05) is 0 Å². The van der Waals surface area contributed by atoms with Crippen LogP contribution < -0.4 is 0 Å². The summed E-state index contributed by atoms with van der Waals surface area (Å²) in [4.78, 5) is 9.88. The highest BCUT2D eigenvalue weighted by molar-refractivity contribution is 5.81. The van der Waals surface area contributed by atoms with E-state index in [0.29, 0.717) is 0 Å². The van der Waals surface area contributed by atoms with Crippen molar-refractivity contribution in [3.8, 4) is 22.9 Å². The Balaban J connectivity index is 1.63. The van der Waals surface area contributed by atoms with Crippen LogP contribution in [0.5, 0.6) is 0 Å². The molecule has 5 heteroatoms. The zero-order valence-electron chi connectivity index (χ0n) is 15.9. The summed E-state index contributed by atoms with van der Waals surface area (Å²) in [6, 6.07) is 23.0. The first-order valence-corrected chi connectivity index (χ1v) is 9.94. The molecule has 2 aromatic carbocycles. The van der Waals surface area contributed by atoms with Gasteiger partial charge in [-0.25, -0.2) is 14.6 Å². The molecule has 0 aliphatic heterocycles. The fourth-order valence-electron chi connectivity index (χ4n) is 4.20. The first kappa shape index (κ1) is 16.2. The normalized spacial score (nSPS) is 13.1. The van der Waals surface area contributed by atoms with E-state index in [9.17, 15) is 0 Å². The van der Waals surface area contributed by atoms with E-state index in [2.05, 4.69) is 40.0 Å². The van der Waals surface area contributed by atoms with Gasteiger partial charge in [-0.3, -0.25) is 4.57 Å². The van der Waals surface area contributed by atoms with Gasteiger partial charge in [-0.1, -0.05) is 36.4 Å². The maximum absolute atomic E-state index is 4.95. The van der Waals surface area contributed by atoms with Crippen LogP contribution in [0.4, 0.5) is 0 Å². The third-order valence-electron chi connectivity index (χ3n) is 5.60. The zero-order chi connectivity index (χ0) is 19.2. The number of benzene rings is 2. The number of rotatable bonds is 3. The van der Waals surface area contributed by atoms with Crippen molar-refractivity contribution in [3.63, 3.8) is 0 Å². The number of aryl methyl sites for hydroxylation is 2. The quantitative estimate of drug-likeness (QED) is 0.455. The summed E-state index contributed by atoms with van der Waals surface area (Å²) in [5.74, 6) is 1.69. The summed E-state index contributed by atoms with van der Waals surface area (Å²) in [5, 5.41) is 4.33. The van der Waals surface area contributed by atoms with Crippen LogP contribution in [0, 0.1) is 0 Å². The minimum atomic E-state index is 0.782. The summed E-state index contributed by atoms with van der Waals surface area (Å²) in [7, 11) is 0. The Hall–Kier alpha value is -3.73. The average molecular weight is 377 g/mol. The highest BCUT2D eigenvalue weighted by Gasteiger charge is 2.18. The molecule has 0 saturated carbocycles. The van der Waals surface area contributed by atoms with E-state index in [1.165, 1.54) is 24.0 Å². The molecule has 29 heavy (non-hydrogen) atoms. The molecule has 0 spiro atoms. The molecule has 0 atom stereocenters. The Bertz CT molecular complexity index is 1320. The van der Waals surface area contributed by atoms with E-state index >= 15 is 0 Å². The number of hydrogen-bond donors (Lipinski definition) is 0. The van der Waals surface area contributed by atoms with E-state index in [1.54, 1.807) is 10.9 Å². The van der Waals surface area contributed by atoms with E-state index in [1.807, 2.05) is 42.6 Å². The van der Waals surface area contributed by atoms with Crippen molar-refractivity contribution < 1.29 is 0 Å². The number of pyridine rings is 1. The fourth-order valence-corrected chi connectivity index (χ4v) is 4.20. The minimum Gasteiger partial charge on any atom is -0.277 e. The first-order valence-electron chi connectivity index (χ1n) is 9.94. The summed E-state index contributed by atoms with van der Waals surface area (Å²) in [6.45, 7) is 0. The van der Waals surface area contributed by atoms with Gasteiger partial charge in [0.2, 0.25) is 0 Å². The van der Waals surface area contributed by atoms with Crippen molar-refractivity contribution >= 4 is 11.2 Å². The predicted molar refractivity (Wildman–Crippen MR) is 113 cm³/mol. The van der Waals surface area contributed by atoms with Crippen LogP contribution in [0.1, 0.15) is 17.5 Å². The highest BCUT2D eigenvalue weighted by atomic mass is 15.3. The average Bonchev–Trinajstić information content (AvgIpc) is 3.52. The lowest BCUT2D eigenvalue weighted by Crippen LogP contribution is -2.02. The number of hydrogen-bond acceptors (Lipinski definition) is 3. The molecule has 0 amide bonds. The van der Waals surface area contributed by atoms with Crippen LogP contribution in [0.2, 0.25) is 0 Å². The zero-order valence-corrected chi connectivity index (χ0v) is 15.9. The Morgan fingerprint density at radius 2 is 1.69 bits per heavy atom. The second-order valence-electron chi connectivity index (χ2n) is 7.41. The van der Waals surface area contributed by atoms with Crippen LogP contribution in [0.25, 0.3) is 34.1 Å². The van der Waals surface area contributed by atoms with Crippen LogP contribution >= 0.6 is 0 Å². The molecule has 0 fully saturated rings. The number of nitrogens with zero attached hydrogens (tertiary/aromatic N) is 5. The molecule has 1 aliphatic rings. The van der Waals surface area contributed by atoms with E-state index < -0.39 is 0 Å². The largest absolute Gasteiger partial charge is 0.277 e. The van der Waals surface area contributed by atoms with Gasteiger partial charge in [-0.05, 0) is 60.7 Å². The third kappa shape index (κ3) is 2.66. The number of aromatic nitrogens is 5. The van der Waals surface area contributed by atoms with E-state index in [4.69, 9.17) is 9.97 Å². The molecule has 3 aromatic heterocycles. The van der Waals surface area contributed by atoms with E-state index in [0.717, 1.165) is 40.5 Å². The molecule has 5 aromatic rings. The monoisotopic (exact) mass is 377 g/mol. The minimum absolute atomic E-state index is 0.782. The van der Waals surface area contributed by atoms with Crippen LogP contribution in [-0.2, 0) is 12.8 Å². The van der Waals surface area contributed by atoms with Gasteiger partial charge < -0.3 is 0 Å². The fraction of sp³-hybridized carbons (Fsp3) is 0.125. The Kier molecular flexibility index (Phi) is 3.59. The molecule has 6 rings (SSSR count). The molecule has 0 N–H and O–H groups in total. The molecular weight excluding hydrogens is 358 g/mol. The molecule has 0 bridgehead atoms. The second-order valence-corrected chi connectivity index (χ2v) is 7.41. The van der Waals surface area contributed by atoms with Crippen LogP contribution in [-0.4, -0.2) is 24.3 Å². The predicted octanol–water partition coefficient (Wildman–Crippen LogP) is 4.76. The van der Waals surface area contributed by atoms with Gasteiger partial charge in [0, 0.05) is 23.6 Å². The van der Waals surface area contributed by atoms with Gasteiger partial charge in [0.1, 0.15) is 11.3 Å². The Labute approximate surface area is 168 Å². The van der Waals surface area contributed by atoms with Crippen LogP contribution in [0.3, 0.4) is 0 Å². The van der Waals surface area contributed by atoms with Crippen molar-refractivity contribution in [2.24, 2.45) is 0 Å². The van der Waals surface area contributed by atoms with Crippen molar-refractivity contribution in [2.45, 2.75) is 19.3 Å². The maximum atomic E-state index is 4.95. The Morgan fingerprint density at radius 1 is 0.793 bits per heavy atom. The van der Waals surface area contributed by atoms with Gasteiger partial charge >= 0.3 is 0 Å². The molecule has 5 nitrogen and oxygen atoms in total. The van der Waals surface area contributed by atoms with Gasteiger partial charge in [0.05, 0.1) is 0 Å². The van der Waals surface area contributed by atoms with Gasteiger partial charge in [0.15, 0.2) is 11.5 Å². The lowest BCUT2D eigenvalue weighted by Gasteiger charge is -2.11. The molecule has 1 aliphatic carbocycles. The molecule has 3 heterocycles. The van der Waals surface area contributed by atoms with Gasteiger partial charge in [-0.2, -0.15) is 5.10 Å². The molecule has 140 valence electrons. The number of imidazole rings is 1.